The first kappa shape index (κ1) is 15.8. The van der Waals surface area contributed by atoms with Crippen LogP contribution in [0.1, 0.15) is 48.2 Å². The first-order valence-electron chi connectivity index (χ1n) is 8.68. The van der Waals surface area contributed by atoms with Gasteiger partial charge < -0.3 is 9.88 Å². The third-order valence-electron chi connectivity index (χ3n) is 4.76. The Hall–Kier alpha value is -2.70. The molecule has 1 unspecified atom stereocenters. The second-order valence-corrected chi connectivity index (χ2v) is 6.92. The van der Waals surface area contributed by atoms with Crippen LogP contribution in [0.4, 0.5) is 0 Å². The summed E-state index contributed by atoms with van der Waals surface area (Å²) in [4.78, 5) is 21.7. The summed E-state index contributed by atoms with van der Waals surface area (Å²) in [5, 5.41) is 8.42. The Morgan fingerprint density at radius 2 is 2.24 bits per heavy atom. The van der Waals surface area contributed by atoms with Crippen molar-refractivity contribution in [1.82, 2.24) is 29.6 Å². The molecule has 1 aliphatic rings. The van der Waals surface area contributed by atoms with Crippen molar-refractivity contribution in [2.45, 2.75) is 52.2 Å². The fourth-order valence-corrected chi connectivity index (χ4v) is 3.42. The molecular weight excluding hydrogens is 316 g/mol. The third kappa shape index (κ3) is 2.79. The Morgan fingerprint density at radius 3 is 3.04 bits per heavy atom. The Balaban J connectivity index is 1.57. The Morgan fingerprint density at radius 1 is 1.40 bits per heavy atom. The number of fused-ring (bicyclic) bond motifs is 2. The molecule has 25 heavy (non-hydrogen) atoms. The second kappa shape index (κ2) is 5.98. The molecule has 0 fully saturated rings. The van der Waals surface area contributed by atoms with Crippen molar-refractivity contribution in [2.75, 3.05) is 0 Å². The first-order valence-corrected chi connectivity index (χ1v) is 8.68. The maximum absolute atomic E-state index is 12.8. The zero-order valence-electron chi connectivity index (χ0n) is 14.7. The minimum absolute atomic E-state index is 0.0715. The normalized spacial score (nSPS) is 17.0. The van der Waals surface area contributed by atoms with Crippen molar-refractivity contribution in [2.24, 2.45) is 0 Å². The van der Waals surface area contributed by atoms with Gasteiger partial charge in [0.15, 0.2) is 5.65 Å². The summed E-state index contributed by atoms with van der Waals surface area (Å²) in [5.74, 6) is 1.02. The third-order valence-corrected chi connectivity index (χ3v) is 4.76. The predicted molar refractivity (Wildman–Crippen MR) is 94.5 cm³/mol. The maximum atomic E-state index is 12.8. The van der Waals surface area contributed by atoms with Gasteiger partial charge >= 0.3 is 0 Å². The number of rotatable bonds is 3. The summed E-state index contributed by atoms with van der Waals surface area (Å²) in [6, 6.07) is 2.24. The van der Waals surface area contributed by atoms with Crippen LogP contribution in [0.15, 0.2) is 24.7 Å². The molecule has 1 amide bonds. The lowest BCUT2D eigenvalue weighted by Gasteiger charge is -2.25. The van der Waals surface area contributed by atoms with E-state index in [9.17, 15) is 4.79 Å². The molecule has 0 saturated carbocycles. The highest BCUT2D eigenvalue weighted by atomic mass is 16.1. The van der Waals surface area contributed by atoms with E-state index in [0.717, 1.165) is 41.9 Å². The fourth-order valence-electron chi connectivity index (χ4n) is 3.42. The first-order chi connectivity index (χ1) is 12.0. The lowest BCUT2D eigenvalue weighted by molar-refractivity contribution is 0.0926. The maximum Gasteiger partial charge on any atom is 0.253 e. The number of carbonyl (C=O) groups is 1. The topological polar surface area (TPSA) is 77.6 Å². The number of nitrogens with one attached hydrogen (secondary N) is 1. The molecule has 0 radical (unpaired) electrons. The van der Waals surface area contributed by atoms with Gasteiger partial charge in [-0.25, -0.2) is 14.6 Å². The molecule has 3 aromatic heterocycles. The number of hydrogen-bond acceptors (Lipinski definition) is 4. The summed E-state index contributed by atoms with van der Waals surface area (Å²) < 4.78 is 3.99. The molecule has 130 valence electrons. The zero-order chi connectivity index (χ0) is 17.6. The van der Waals surface area contributed by atoms with E-state index >= 15 is 0 Å². The van der Waals surface area contributed by atoms with Gasteiger partial charge in [0.2, 0.25) is 0 Å². The van der Waals surface area contributed by atoms with Crippen LogP contribution in [0, 0.1) is 6.92 Å². The number of imidazole rings is 1. The number of hydrogen-bond donors (Lipinski definition) is 1. The number of aryl methyl sites for hydroxylation is 2. The van der Waals surface area contributed by atoms with E-state index < -0.39 is 0 Å². The van der Waals surface area contributed by atoms with Gasteiger partial charge in [-0.05, 0) is 33.3 Å². The van der Waals surface area contributed by atoms with Crippen LogP contribution in [0.25, 0.3) is 11.0 Å². The monoisotopic (exact) mass is 338 g/mol. The largest absolute Gasteiger partial charge is 0.347 e. The van der Waals surface area contributed by atoms with Crippen LogP contribution >= 0.6 is 0 Å². The van der Waals surface area contributed by atoms with E-state index in [1.807, 2.05) is 30.1 Å². The zero-order valence-corrected chi connectivity index (χ0v) is 14.7. The average molecular weight is 338 g/mol. The van der Waals surface area contributed by atoms with E-state index in [-0.39, 0.29) is 18.0 Å². The standard InChI is InChI=1S/C18H22N6O/c1-11(2)24-17-13(9-20-24)8-15(12(3)21-17)18(25)22-14-4-5-16-19-6-7-23(16)10-14/h6-9,11,14H,4-5,10H2,1-3H3,(H,22,25). The fraction of sp³-hybridized carbons (Fsp3) is 0.444. The van der Waals surface area contributed by atoms with Gasteiger partial charge in [0.25, 0.3) is 5.91 Å². The van der Waals surface area contributed by atoms with Crippen molar-refractivity contribution in [3.8, 4) is 0 Å². The van der Waals surface area contributed by atoms with E-state index in [4.69, 9.17) is 0 Å². The van der Waals surface area contributed by atoms with Crippen LogP contribution < -0.4 is 5.32 Å². The molecule has 0 aromatic carbocycles. The number of carbonyl (C=O) groups excluding carboxylic acids is 1. The number of aromatic nitrogens is 5. The molecule has 4 rings (SSSR count). The molecule has 0 aliphatic carbocycles. The highest BCUT2D eigenvalue weighted by Crippen LogP contribution is 2.20. The summed E-state index contributed by atoms with van der Waals surface area (Å²) >= 11 is 0. The van der Waals surface area contributed by atoms with Crippen molar-refractivity contribution in [3.63, 3.8) is 0 Å². The van der Waals surface area contributed by atoms with Gasteiger partial charge in [0.1, 0.15) is 5.82 Å². The van der Waals surface area contributed by atoms with E-state index in [0.29, 0.717) is 5.56 Å². The molecule has 3 aromatic rings. The molecule has 0 spiro atoms. The summed E-state index contributed by atoms with van der Waals surface area (Å²) in [7, 11) is 0. The van der Waals surface area contributed by atoms with Gasteiger partial charge in [-0.2, -0.15) is 5.10 Å². The predicted octanol–water partition coefficient (Wildman–Crippen LogP) is 2.26. The Labute approximate surface area is 146 Å². The highest BCUT2D eigenvalue weighted by Gasteiger charge is 2.22. The van der Waals surface area contributed by atoms with Crippen molar-refractivity contribution < 1.29 is 4.79 Å². The van der Waals surface area contributed by atoms with Crippen LogP contribution in [0.5, 0.6) is 0 Å². The number of amides is 1. The quantitative estimate of drug-likeness (QED) is 0.795. The lowest BCUT2D eigenvalue weighted by Crippen LogP contribution is -2.41. The van der Waals surface area contributed by atoms with Crippen molar-refractivity contribution in [3.05, 3.63) is 41.7 Å². The Bertz CT molecular complexity index is 938. The van der Waals surface area contributed by atoms with Crippen molar-refractivity contribution >= 4 is 16.9 Å². The van der Waals surface area contributed by atoms with Crippen LogP contribution in [-0.4, -0.2) is 36.3 Å². The van der Waals surface area contributed by atoms with Gasteiger partial charge in [-0.15, -0.1) is 0 Å². The minimum Gasteiger partial charge on any atom is -0.347 e. The highest BCUT2D eigenvalue weighted by molar-refractivity contribution is 5.98. The van der Waals surface area contributed by atoms with Crippen LogP contribution in [0.3, 0.4) is 0 Å². The van der Waals surface area contributed by atoms with Gasteiger partial charge in [0, 0.05) is 42.8 Å². The van der Waals surface area contributed by atoms with E-state index in [1.165, 1.54) is 0 Å². The Kier molecular flexibility index (Phi) is 3.78. The SMILES string of the molecule is Cc1nc2c(cnn2C(C)C)cc1C(=O)NC1CCc2nccn2C1. The summed E-state index contributed by atoms with van der Waals surface area (Å²) in [6.45, 7) is 6.77. The molecule has 1 N–H and O–H groups in total. The summed E-state index contributed by atoms with van der Waals surface area (Å²) in [6.07, 6.45) is 7.34. The molecule has 7 nitrogen and oxygen atoms in total. The molecular formula is C18H22N6O. The van der Waals surface area contributed by atoms with Crippen LogP contribution in [0.2, 0.25) is 0 Å². The smallest absolute Gasteiger partial charge is 0.253 e. The summed E-state index contributed by atoms with van der Waals surface area (Å²) in [5.41, 5.74) is 2.17. The van der Waals surface area contributed by atoms with Gasteiger partial charge in [-0.3, -0.25) is 4.79 Å². The number of pyridine rings is 1. The molecule has 7 heteroatoms. The molecule has 0 bridgehead atoms. The van der Waals surface area contributed by atoms with E-state index in [2.05, 4.69) is 38.8 Å². The van der Waals surface area contributed by atoms with Gasteiger partial charge in [-0.1, -0.05) is 0 Å². The van der Waals surface area contributed by atoms with Crippen LogP contribution in [-0.2, 0) is 13.0 Å². The molecule has 4 heterocycles. The number of nitrogens with zero attached hydrogens (tertiary/aromatic N) is 5. The lowest BCUT2D eigenvalue weighted by atomic mass is 10.1. The van der Waals surface area contributed by atoms with Gasteiger partial charge in [0.05, 0.1) is 17.5 Å². The van der Waals surface area contributed by atoms with Crippen molar-refractivity contribution in [1.29, 1.82) is 0 Å². The minimum atomic E-state index is -0.0715. The molecule has 0 saturated heterocycles. The molecule has 1 aliphatic heterocycles. The van der Waals surface area contributed by atoms with E-state index in [1.54, 1.807) is 6.20 Å². The average Bonchev–Trinajstić information content (AvgIpc) is 3.19. The molecule has 1 atom stereocenters. The second-order valence-electron chi connectivity index (χ2n) is 6.92.